The van der Waals surface area contributed by atoms with Crippen molar-refractivity contribution >= 4 is 29.2 Å². The lowest BCUT2D eigenvalue weighted by Crippen LogP contribution is -2.49. The zero-order valence-electron chi connectivity index (χ0n) is 13.1. The molecule has 12 heteroatoms. The quantitative estimate of drug-likeness (QED) is 0.458. The molecule has 2 atom stereocenters. The summed E-state index contributed by atoms with van der Waals surface area (Å²) in [6, 6.07) is -0.0143. The van der Waals surface area contributed by atoms with Gasteiger partial charge in [-0.2, -0.15) is 0 Å². The van der Waals surface area contributed by atoms with Gasteiger partial charge < -0.3 is 15.7 Å². The minimum atomic E-state index is -1.28. The molecule has 0 aliphatic rings. The largest absolute Gasteiger partial charge is 0.480 e. The number of carboxylic acids is 1. The van der Waals surface area contributed by atoms with E-state index in [9.17, 15) is 34.6 Å². The minimum absolute atomic E-state index is 0.383. The molecule has 0 bridgehead atoms. The van der Waals surface area contributed by atoms with Crippen LogP contribution in [0.2, 0.25) is 0 Å². The second-order valence-electron chi connectivity index (χ2n) is 5.02. The van der Waals surface area contributed by atoms with E-state index in [4.69, 9.17) is 5.11 Å². The second-order valence-corrected chi connectivity index (χ2v) is 5.02. The Labute approximate surface area is 140 Å². The Kier molecular flexibility index (Phi) is 6.08. The summed E-state index contributed by atoms with van der Waals surface area (Å²) in [7, 11) is 0. The summed E-state index contributed by atoms with van der Waals surface area (Å²) in [5.74, 6) is -3.04. The highest BCUT2D eigenvalue weighted by molar-refractivity contribution is 5.98. The Morgan fingerprint density at radius 1 is 0.960 bits per heavy atom. The molecule has 0 saturated carbocycles. The van der Waals surface area contributed by atoms with Gasteiger partial charge in [0.15, 0.2) is 0 Å². The Balaban J connectivity index is 2.96. The number of carboxylic acid groups (broad SMARTS) is 1. The second kappa shape index (κ2) is 7.81. The first kappa shape index (κ1) is 19.5. The molecular weight excluding hydrogens is 340 g/mol. The fourth-order valence-corrected chi connectivity index (χ4v) is 1.68. The van der Waals surface area contributed by atoms with Gasteiger partial charge in [0.2, 0.25) is 5.91 Å². The van der Waals surface area contributed by atoms with Gasteiger partial charge in [-0.25, -0.2) is 0 Å². The van der Waals surface area contributed by atoms with Crippen LogP contribution in [-0.2, 0) is 9.59 Å². The lowest BCUT2D eigenvalue weighted by atomic mass is 10.1. The number of aliphatic carboxylic acids is 1. The summed E-state index contributed by atoms with van der Waals surface area (Å²) in [4.78, 5) is 54.3. The third-order valence-electron chi connectivity index (χ3n) is 3.06. The van der Waals surface area contributed by atoms with E-state index < -0.39 is 51.1 Å². The van der Waals surface area contributed by atoms with Crippen LogP contribution in [0.3, 0.4) is 0 Å². The van der Waals surface area contributed by atoms with Crippen LogP contribution < -0.4 is 10.6 Å². The molecule has 0 aromatic heterocycles. The zero-order chi connectivity index (χ0) is 19.3. The summed E-state index contributed by atoms with van der Waals surface area (Å²) < 4.78 is 0. The summed E-state index contributed by atoms with van der Waals surface area (Å²) in [5, 5.41) is 34.6. The smallest absolute Gasteiger partial charge is 0.325 e. The number of nitro groups is 2. The molecule has 0 aliphatic carbocycles. The third-order valence-corrected chi connectivity index (χ3v) is 3.06. The summed E-state index contributed by atoms with van der Waals surface area (Å²) in [6.45, 7) is 2.48. The number of hydrogen-bond acceptors (Lipinski definition) is 7. The van der Waals surface area contributed by atoms with E-state index in [0.29, 0.717) is 6.07 Å². The van der Waals surface area contributed by atoms with Gasteiger partial charge in [-0.3, -0.25) is 34.6 Å². The van der Waals surface area contributed by atoms with Gasteiger partial charge in [0.25, 0.3) is 17.3 Å². The van der Waals surface area contributed by atoms with Crippen molar-refractivity contribution in [1.29, 1.82) is 0 Å². The molecule has 0 spiro atoms. The molecule has 1 aromatic rings. The molecule has 0 heterocycles. The number of carbonyl (C=O) groups is 3. The van der Waals surface area contributed by atoms with Crippen LogP contribution in [0.1, 0.15) is 24.2 Å². The van der Waals surface area contributed by atoms with Crippen molar-refractivity contribution < 1.29 is 29.3 Å². The minimum Gasteiger partial charge on any atom is -0.480 e. The zero-order valence-corrected chi connectivity index (χ0v) is 13.1. The summed E-state index contributed by atoms with van der Waals surface area (Å²) >= 11 is 0. The fraction of sp³-hybridized carbons (Fsp3) is 0.308. The fourth-order valence-electron chi connectivity index (χ4n) is 1.68. The van der Waals surface area contributed by atoms with Gasteiger partial charge in [0.1, 0.15) is 12.1 Å². The van der Waals surface area contributed by atoms with Gasteiger partial charge in [0.05, 0.1) is 21.5 Å². The topological polar surface area (TPSA) is 182 Å². The lowest BCUT2D eigenvalue weighted by molar-refractivity contribution is -0.394. The van der Waals surface area contributed by atoms with Crippen LogP contribution in [0.25, 0.3) is 0 Å². The Morgan fingerprint density at radius 2 is 1.44 bits per heavy atom. The highest BCUT2D eigenvalue weighted by Crippen LogP contribution is 2.22. The number of amides is 2. The molecule has 25 heavy (non-hydrogen) atoms. The van der Waals surface area contributed by atoms with Gasteiger partial charge in [-0.1, -0.05) is 0 Å². The van der Waals surface area contributed by atoms with Crippen molar-refractivity contribution in [3.8, 4) is 0 Å². The molecule has 1 rings (SSSR count). The number of nitrogens with one attached hydrogen (secondary N) is 2. The highest BCUT2D eigenvalue weighted by Gasteiger charge is 2.24. The number of carbonyl (C=O) groups excluding carboxylic acids is 2. The monoisotopic (exact) mass is 354 g/mol. The predicted octanol–water partition coefficient (Wildman–Crippen LogP) is 0.211. The highest BCUT2D eigenvalue weighted by atomic mass is 16.6. The normalized spacial score (nSPS) is 12.6. The number of hydrogen-bond donors (Lipinski definition) is 3. The first-order valence-corrected chi connectivity index (χ1v) is 6.80. The van der Waals surface area contributed by atoms with Crippen LogP contribution in [0.15, 0.2) is 18.2 Å². The van der Waals surface area contributed by atoms with Crippen molar-refractivity contribution in [3.05, 3.63) is 44.0 Å². The molecule has 1 aromatic carbocycles. The number of nitro benzene ring substituents is 2. The van der Waals surface area contributed by atoms with E-state index in [0.717, 1.165) is 12.1 Å². The number of nitrogens with zero attached hydrogens (tertiary/aromatic N) is 2. The molecule has 12 nitrogen and oxygen atoms in total. The van der Waals surface area contributed by atoms with Crippen LogP contribution >= 0.6 is 0 Å². The van der Waals surface area contributed by atoms with E-state index in [1.54, 1.807) is 0 Å². The lowest BCUT2D eigenvalue weighted by Gasteiger charge is -2.16. The SMILES string of the molecule is C[C@H](NC(=O)[C@H](C)NC(=O)c1cc([N+](=O)[O-])cc([N+](=O)[O-])c1)C(=O)O. The van der Waals surface area contributed by atoms with E-state index in [1.165, 1.54) is 13.8 Å². The van der Waals surface area contributed by atoms with E-state index in [2.05, 4.69) is 10.6 Å². The van der Waals surface area contributed by atoms with Gasteiger partial charge in [-0.05, 0) is 13.8 Å². The Morgan fingerprint density at radius 3 is 1.84 bits per heavy atom. The van der Waals surface area contributed by atoms with E-state index in [1.807, 2.05) is 0 Å². The van der Waals surface area contributed by atoms with Crippen LogP contribution in [0.4, 0.5) is 11.4 Å². The van der Waals surface area contributed by atoms with Gasteiger partial charge in [0, 0.05) is 12.1 Å². The van der Waals surface area contributed by atoms with E-state index >= 15 is 0 Å². The summed E-state index contributed by atoms with van der Waals surface area (Å²) in [6.07, 6.45) is 0. The van der Waals surface area contributed by atoms with Crippen LogP contribution in [0.5, 0.6) is 0 Å². The molecule has 0 radical (unpaired) electrons. The molecule has 0 aliphatic heterocycles. The molecule has 134 valence electrons. The van der Waals surface area contributed by atoms with Crippen LogP contribution in [0, 0.1) is 20.2 Å². The average Bonchev–Trinajstić information content (AvgIpc) is 2.53. The summed E-state index contributed by atoms with van der Waals surface area (Å²) in [5.41, 5.74) is -1.70. The predicted molar refractivity (Wildman–Crippen MR) is 81.9 cm³/mol. The van der Waals surface area contributed by atoms with E-state index in [-0.39, 0.29) is 5.56 Å². The van der Waals surface area contributed by atoms with Crippen LogP contribution in [-0.4, -0.2) is 44.8 Å². The molecular formula is C13H14N4O8. The van der Waals surface area contributed by atoms with Crippen molar-refractivity contribution in [2.45, 2.75) is 25.9 Å². The number of benzene rings is 1. The molecule has 0 saturated heterocycles. The van der Waals surface area contributed by atoms with Gasteiger partial charge >= 0.3 is 5.97 Å². The maximum absolute atomic E-state index is 12.1. The molecule has 2 amide bonds. The van der Waals surface area contributed by atoms with Crippen molar-refractivity contribution in [1.82, 2.24) is 10.6 Å². The first-order chi connectivity index (χ1) is 11.5. The molecule has 0 unspecified atom stereocenters. The maximum Gasteiger partial charge on any atom is 0.325 e. The number of rotatable bonds is 7. The van der Waals surface area contributed by atoms with Gasteiger partial charge in [-0.15, -0.1) is 0 Å². The van der Waals surface area contributed by atoms with Crippen molar-refractivity contribution in [2.75, 3.05) is 0 Å². The maximum atomic E-state index is 12.1. The standard InChI is InChI=1S/C13H14N4O8/c1-6(11(18)15-7(2)13(20)21)14-12(19)8-3-9(16(22)23)5-10(4-8)17(24)25/h3-7H,1-2H3,(H,14,19)(H,15,18)(H,20,21)/t6-,7-/m0/s1. The van der Waals surface area contributed by atoms with Crippen molar-refractivity contribution in [2.24, 2.45) is 0 Å². The third kappa shape index (κ3) is 5.23. The Bertz CT molecular complexity index is 715. The average molecular weight is 354 g/mol. The molecule has 3 N–H and O–H groups in total. The number of non-ortho nitro benzene ring substituents is 2. The van der Waals surface area contributed by atoms with Crippen molar-refractivity contribution in [3.63, 3.8) is 0 Å². The first-order valence-electron chi connectivity index (χ1n) is 6.80. The Hall–Kier alpha value is -3.57. The molecule has 0 fully saturated rings.